The molecule has 0 spiro atoms. The molecule has 0 aliphatic heterocycles. The lowest BCUT2D eigenvalue weighted by Crippen LogP contribution is -2.30. The minimum absolute atomic E-state index is 0.112. The first-order chi connectivity index (χ1) is 29.0. The van der Waals surface area contributed by atoms with Gasteiger partial charge >= 0.3 is 17.9 Å². The van der Waals surface area contributed by atoms with Crippen molar-refractivity contribution in [3.63, 3.8) is 0 Å². The molecule has 0 N–H and O–H groups in total. The molecule has 6 heteroatoms. The van der Waals surface area contributed by atoms with E-state index in [-0.39, 0.29) is 31.6 Å². The van der Waals surface area contributed by atoms with E-state index in [4.69, 9.17) is 14.2 Å². The summed E-state index contributed by atoms with van der Waals surface area (Å²) in [5, 5.41) is 0. The summed E-state index contributed by atoms with van der Waals surface area (Å²) >= 11 is 0. The number of hydrogen-bond donors (Lipinski definition) is 0. The molecule has 0 heterocycles. The zero-order valence-electron chi connectivity index (χ0n) is 38.5. The molecule has 6 nitrogen and oxygen atoms in total. The van der Waals surface area contributed by atoms with Gasteiger partial charge in [0, 0.05) is 12.8 Å². The van der Waals surface area contributed by atoms with E-state index in [2.05, 4.69) is 81.5 Å². The largest absolute Gasteiger partial charge is 0.462 e. The standard InChI is InChI=1S/C53H90O6/c1-4-7-10-13-16-19-21-23-25-26-27-28-30-31-34-37-40-43-46-52(55)58-49-50(48-57-51(54)45-42-39-36-33-18-15-12-9-6-3)59-53(56)47-44-41-38-35-32-29-24-22-20-17-14-11-8-5-2/h9,12,18,21,23,25-28,33,39,42,50H,4-8,10-11,13-17,19-20,22,24,29-32,34-38,40-41,43-49H2,1-3H3/b12-9-,23-21-,26-25-,28-27-,33-18-,42-39-. The average molecular weight is 823 g/mol. The minimum atomic E-state index is -0.815. The minimum Gasteiger partial charge on any atom is -0.462 e. The second-order valence-electron chi connectivity index (χ2n) is 16.1. The van der Waals surface area contributed by atoms with Crippen molar-refractivity contribution in [2.45, 2.75) is 232 Å². The summed E-state index contributed by atoms with van der Waals surface area (Å²) in [6.45, 7) is 6.38. The summed E-state index contributed by atoms with van der Waals surface area (Å²) in [6, 6.07) is 0. The summed E-state index contributed by atoms with van der Waals surface area (Å²) < 4.78 is 16.6. The first-order valence-electron chi connectivity index (χ1n) is 24.5. The van der Waals surface area contributed by atoms with Crippen LogP contribution in [0.4, 0.5) is 0 Å². The van der Waals surface area contributed by atoms with Crippen LogP contribution >= 0.6 is 0 Å². The van der Waals surface area contributed by atoms with Crippen LogP contribution in [0.25, 0.3) is 0 Å². The van der Waals surface area contributed by atoms with Crippen LogP contribution in [0.2, 0.25) is 0 Å². The summed E-state index contributed by atoms with van der Waals surface area (Å²) in [7, 11) is 0. The van der Waals surface area contributed by atoms with Gasteiger partial charge in [-0.15, -0.1) is 0 Å². The maximum Gasteiger partial charge on any atom is 0.309 e. The van der Waals surface area contributed by atoms with Crippen LogP contribution in [0.5, 0.6) is 0 Å². The van der Waals surface area contributed by atoms with E-state index in [0.29, 0.717) is 12.8 Å². The molecule has 0 fully saturated rings. The van der Waals surface area contributed by atoms with Crippen molar-refractivity contribution in [3.8, 4) is 0 Å². The van der Waals surface area contributed by atoms with Crippen LogP contribution in [-0.2, 0) is 28.6 Å². The third-order valence-electron chi connectivity index (χ3n) is 10.3. The average Bonchev–Trinajstić information content (AvgIpc) is 3.23. The van der Waals surface area contributed by atoms with Gasteiger partial charge in [-0.1, -0.05) is 222 Å². The predicted octanol–water partition coefficient (Wildman–Crippen LogP) is 15.9. The summed E-state index contributed by atoms with van der Waals surface area (Å²) in [5.74, 6) is -1.06. The van der Waals surface area contributed by atoms with Crippen LogP contribution in [0.3, 0.4) is 0 Å². The van der Waals surface area contributed by atoms with Gasteiger partial charge in [0.05, 0.1) is 6.42 Å². The first kappa shape index (κ1) is 55.9. The van der Waals surface area contributed by atoms with Gasteiger partial charge in [0.15, 0.2) is 6.10 Å². The van der Waals surface area contributed by atoms with Crippen LogP contribution < -0.4 is 0 Å². The highest BCUT2D eigenvalue weighted by atomic mass is 16.6. The van der Waals surface area contributed by atoms with E-state index in [1.807, 2.05) is 6.08 Å². The lowest BCUT2D eigenvalue weighted by atomic mass is 10.0. The smallest absolute Gasteiger partial charge is 0.309 e. The Morgan fingerprint density at radius 2 is 0.780 bits per heavy atom. The molecule has 59 heavy (non-hydrogen) atoms. The number of carbonyl (C=O) groups is 3. The Morgan fingerprint density at radius 3 is 1.25 bits per heavy atom. The molecule has 0 saturated heterocycles. The molecular weight excluding hydrogens is 733 g/mol. The molecule has 0 aromatic heterocycles. The topological polar surface area (TPSA) is 78.9 Å². The second kappa shape index (κ2) is 47.5. The summed E-state index contributed by atoms with van der Waals surface area (Å²) in [5.41, 5.74) is 0. The highest BCUT2D eigenvalue weighted by Crippen LogP contribution is 2.15. The van der Waals surface area contributed by atoms with Crippen molar-refractivity contribution in [2.75, 3.05) is 13.2 Å². The molecule has 0 radical (unpaired) electrons. The molecule has 1 atom stereocenters. The molecule has 1 unspecified atom stereocenters. The van der Waals surface area contributed by atoms with E-state index in [0.717, 1.165) is 83.5 Å². The number of allylic oxidation sites excluding steroid dienone is 11. The molecular formula is C53H90O6. The first-order valence-corrected chi connectivity index (χ1v) is 24.5. The normalized spacial score (nSPS) is 12.7. The van der Waals surface area contributed by atoms with Crippen molar-refractivity contribution >= 4 is 17.9 Å². The van der Waals surface area contributed by atoms with Crippen LogP contribution in [0.1, 0.15) is 226 Å². The lowest BCUT2D eigenvalue weighted by Gasteiger charge is -2.18. The van der Waals surface area contributed by atoms with E-state index in [9.17, 15) is 14.4 Å². The molecule has 0 aromatic rings. The van der Waals surface area contributed by atoms with Crippen molar-refractivity contribution < 1.29 is 28.6 Å². The number of unbranched alkanes of at least 4 members (excludes halogenated alkanes) is 23. The number of ether oxygens (including phenoxy) is 3. The molecule has 0 aliphatic carbocycles. The van der Waals surface area contributed by atoms with Gasteiger partial charge in [-0.05, 0) is 57.8 Å². The number of esters is 3. The maximum atomic E-state index is 12.7. The summed E-state index contributed by atoms with van der Waals surface area (Å²) in [6.07, 6.45) is 59.2. The fourth-order valence-corrected chi connectivity index (χ4v) is 6.62. The Morgan fingerprint density at radius 1 is 0.390 bits per heavy atom. The van der Waals surface area contributed by atoms with Gasteiger partial charge in [-0.2, -0.15) is 0 Å². The molecule has 0 saturated carbocycles. The van der Waals surface area contributed by atoms with Crippen LogP contribution in [0.15, 0.2) is 72.9 Å². The molecule has 338 valence electrons. The van der Waals surface area contributed by atoms with Crippen molar-refractivity contribution in [1.29, 1.82) is 0 Å². The second-order valence-corrected chi connectivity index (χ2v) is 16.1. The number of hydrogen-bond acceptors (Lipinski definition) is 6. The highest BCUT2D eigenvalue weighted by molar-refractivity contribution is 5.72. The molecule has 0 bridgehead atoms. The number of rotatable bonds is 43. The maximum absolute atomic E-state index is 12.7. The Bertz CT molecular complexity index is 1130. The number of carbonyl (C=O) groups excluding carboxylic acids is 3. The van der Waals surface area contributed by atoms with E-state index >= 15 is 0 Å². The molecule has 0 rings (SSSR count). The Hall–Kier alpha value is -3.15. The van der Waals surface area contributed by atoms with Gasteiger partial charge in [0.2, 0.25) is 0 Å². The van der Waals surface area contributed by atoms with Crippen LogP contribution in [-0.4, -0.2) is 37.2 Å². The monoisotopic (exact) mass is 823 g/mol. The third-order valence-corrected chi connectivity index (χ3v) is 10.3. The highest BCUT2D eigenvalue weighted by Gasteiger charge is 2.19. The molecule has 0 aromatic carbocycles. The van der Waals surface area contributed by atoms with Crippen molar-refractivity contribution in [2.24, 2.45) is 0 Å². The van der Waals surface area contributed by atoms with Gasteiger partial charge in [-0.3, -0.25) is 14.4 Å². The van der Waals surface area contributed by atoms with Gasteiger partial charge < -0.3 is 14.2 Å². The summed E-state index contributed by atoms with van der Waals surface area (Å²) in [4.78, 5) is 37.7. The molecule has 0 amide bonds. The molecule has 0 aliphatic rings. The van der Waals surface area contributed by atoms with E-state index in [1.165, 1.54) is 103 Å². The van der Waals surface area contributed by atoms with Gasteiger partial charge in [0.1, 0.15) is 13.2 Å². The predicted molar refractivity (Wildman–Crippen MR) is 251 cm³/mol. The third kappa shape index (κ3) is 45.8. The zero-order chi connectivity index (χ0) is 43.0. The Kier molecular flexibility index (Phi) is 45.0. The van der Waals surface area contributed by atoms with Gasteiger partial charge in [0.25, 0.3) is 0 Å². The van der Waals surface area contributed by atoms with Crippen LogP contribution in [0, 0.1) is 0 Å². The Labute approximate surface area is 363 Å². The SMILES string of the molecule is CC/C=C\C/C=C\C/C=C\CC(=O)OCC(COC(=O)CCCCCCC\C=C/C=C\C=C/CCCCCCC)OC(=O)CCCCCCCCCCCCCCCC. The van der Waals surface area contributed by atoms with Crippen molar-refractivity contribution in [3.05, 3.63) is 72.9 Å². The zero-order valence-corrected chi connectivity index (χ0v) is 38.5. The van der Waals surface area contributed by atoms with Gasteiger partial charge in [-0.25, -0.2) is 0 Å². The fourth-order valence-electron chi connectivity index (χ4n) is 6.62. The van der Waals surface area contributed by atoms with E-state index < -0.39 is 12.1 Å². The fraction of sp³-hybridized carbons (Fsp3) is 0.717. The van der Waals surface area contributed by atoms with E-state index in [1.54, 1.807) is 6.08 Å². The quantitative estimate of drug-likeness (QED) is 0.0200. The van der Waals surface area contributed by atoms with Crippen molar-refractivity contribution in [1.82, 2.24) is 0 Å². The lowest BCUT2D eigenvalue weighted by molar-refractivity contribution is -0.166. The Balaban J connectivity index is 4.42.